The lowest BCUT2D eigenvalue weighted by atomic mass is 9.97. The first kappa shape index (κ1) is 24.9. The minimum atomic E-state index is -4.73. The van der Waals surface area contributed by atoms with Gasteiger partial charge in [0.05, 0.1) is 6.61 Å². The minimum Gasteiger partial charge on any atom is -0.490 e. The Hall–Kier alpha value is -1.69. The van der Waals surface area contributed by atoms with Crippen molar-refractivity contribution in [2.45, 2.75) is 42.9 Å². The highest BCUT2D eigenvalue weighted by atomic mass is 32.2. The number of aldehydes is 1. The number of piperidine rings is 2. The van der Waals surface area contributed by atoms with Gasteiger partial charge >= 0.3 is 6.36 Å². The van der Waals surface area contributed by atoms with Crippen LogP contribution in [0.15, 0.2) is 24.3 Å². The predicted octanol–water partition coefficient (Wildman–Crippen LogP) is 2.77. The number of likely N-dealkylation sites (tertiary alicyclic amines) is 1. The van der Waals surface area contributed by atoms with Crippen molar-refractivity contribution in [2.75, 3.05) is 46.4 Å². The van der Waals surface area contributed by atoms with Crippen LogP contribution in [0.5, 0.6) is 11.5 Å². The average molecular weight is 479 g/mol. The fraction of sp³-hybridized carbons (Fsp3) is 0.667. The van der Waals surface area contributed by atoms with E-state index in [2.05, 4.69) is 9.64 Å². The Balaban J connectivity index is 1.48. The summed E-state index contributed by atoms with van der Waals surface area (Å²) >= 11 is 0. The summed E-state index contributed by atoms with van der Waals surface area (Å²) in [5.74, 6) is 0.148. The van der Waals surface area contributed by atoms with Gasteiger partial charge in [-0.3, -0.25) is 0 Å². The normalized spacial score (nSPS) is 21.8. The molecule has 0 amide bonds. The van der Waals surface area contributed by atoms with E-state index in [1.165, 1.54) is 24.3 Å². The van der Waals surface area contributed by atoms with Crippen LogP contribution >= 0.6 is 0 Å². The summed E-state index contributed by atoms with van der Waals surface area (Å²) in [6, 6.07) is 5.29. The van der Waals surface area contributed by atoms with E-state index < -0.39 is 22.1 Å². The molecule has 1 atom stereocenters. The molecular formula is C21H29F3N2O5S. The van der Waals surface area contributed by atoms with Crippen molar-refractivity contribution in [3.8, 4) is 11.5 Å². The van der Waals surface area contributed by atoms with Crippen LogP contribution in [0.1, 0.15) is 25.7 Å². The van der Waals surface area contributed by atoms with Crippen LogP contribution in [0, 0.1) is 0 Å². The molecule has 2 heterocycles. The molecule has 32 heavy (non-hydrogen) atoms. The molecule has 0 spiro atoms. The highest BCUT2D eigenvalue weighted by Crippen LogP contribution is 2.31. The third-order valence-corrected chi connectivity index (χ3v) is 7.91. The Morgan fingerprint density at radius 1 is 1.09 bits per heavy atom. The maximum absolute atomic E-state index is 13.3. The van der Waals surface area contributed by atoms with Crippen molar-refractivity contribution in [1.82, 2.24) is 9.21 Å². The van der Waals surface area contributed by atoms with Crippen molar-refractivity contribution in [3.05, 3.63) is 24.3 Å². The molecule has 0 aliphatic carbocycles. The Morgan fingerprint density at radius 3 is 2.22 bits per heavy atom. The minimum absolute atomic E-state index is 0.138. The van der Waals surface area contributed by atoms with Crippen molar-refractivity contribution in [3.63, 3.8) is 0 Å². The van der Waals surface area contributed by atoms with E-state index >= 15 is 0 Å². The molecular weight excluding hydrogens is 449 g/mol. The summed E-state index contributed by atoms with van der Waals surface area (Å²) in [5, 5.41) is 0. The van der Waals surface area contributed by atoms with Crippen LogP contribution in [0.4, 0.5) is 13.2 Å². The lowest BCUT2D eigenvalue weighted by Gasteiger charge is -2.41. The summed E-state index contributed by atoms with van der Waals surface area (Å²) < 4.78 is 65.9. The predicted molar refractivity (Wildman–Crippen MR) is 113 cm³/mol. The molecule has 1 aromatic carbocycles. The summed E-state index contributed by atoms with van der Waals surface area (Å²) in [6.45, 7) is 3.89. The number of nitrogens with zero attached hydrogens (tertiary/aromatic N) is 2. The van der Waals surface area contributed by atoms with Crippen molar-refractivity contribution in [1.29, 1.82) is 0 Å². The molecule has 0 N–H and O–H groups in total. The molecule has 0 bridgehead atoms. The lowest BCUT2D eigenvalue weighted by Crippen LogP contribution is -2.54. The zero-order chi connectivity index (χ0) is 23.2. The quantitative estimate of drug-likeness (QED) is 0.509. The Labute approximate surface area is 188 Å². The molecule has 2 saturated heterocycles. The zero-order valence-electron chi connectivity index (χ0n) is 18.0. The van der Waals surface area contributed by atoms with Gasteiger partial charge in [0.25, 0.3) is 0 Å². The zero-order valence-corrected chi connectivity index (χ0v) is 18.8. The lowest BCUT2D eigenvalue weighted by molar-refractivity contribution is -0.274. The molecule has 2 fully saturated rings. The Bertz CT molecular complexity index is 762. The number of carbonyl (C=O) groups is 1. The molecule has 3 rings (SSSR count). The van der Waals surface area contributed by atoms with Crippen molar-refractivity contribution >= 4 is 17.3 Å². The van der Waals surface area contributed by atoms with Crippen LogP contribution in [0.25, 0.3) is 0 Å². The molecule has 1 aromatic rings. The molecule has 180 valence electrons. The van der Waals surface area contributed by atoms with E-state index in [4.69, 9.17) is 9.47 Å². The molecule has 0 saturated carbocycles. The fourth-order valence-electron chi connectivity index (χ4n) is 3.99. The fourth-order valence-corrected chi connectivity index (χ4v) is 5.67. The number of methoxy groups -OCH3 is 1. The smallest absolute Gasteiger partial charge is 0.490 e. The summed E-state index contributed by atoms with van der Waals surface area (Å²) in [4.78, 5) is 14.2. The Morgan fingerprint density at radius 2 is 1.69 bits per heavy atom. The van der Waals surface area contributed by atoms with Crippen LogP contribution in [0.2, 0.25) is 0 Å². The van der Waals surface area contributed by atoms with Gasteiger partial charge in [0.15, 0.2) is 0 Å². The first-order chi connectivity index (χ1) is 15.2. The van der Waals surface area contributed by atoms with E-state index in [1.807, 2.05) is 4.31 Å². The maximum Gasteiger partial charge on any atom is 0.573 e. The summed E-state index contributed by atoms with van der Waals surface area (Å²) in [7, 11) is 0.234. The first-order valence-corrected chi connectivity index (χ1v) is 11.7. The van der Waals surface area contributed by atoms with E-state index in [0.717, 1.165) is 12.8 Å². The molecule has 0 radical (unpaired) electrons. The second kappa shape index (κ2) is 11.0. The van der Waals surface area contributed by atoms with Gasteiger partial charge in [-0.15, -0.1) is 13.2 Å². The van der Waals surface area contributed by atoms with Gasteiger partial charge < -0.3 is 23.9 Å². The maximum atomic E-state index is 13.3. The number of ether oxygens (including phenoxy) is 3. The van der Waals surface area contributed by atoms with Crippen molar-refractivity contribution < 1.29 is 36.4 Å². The highest BCUT2D eigenvalue weighted by Gasteiger charge is 2.43. The molecule has 11 heteroatoms. The first-order valence-electron chi connectivity index (χ1n) is 10.6. The van der Waals surface area contributed by atoms with E-state index in [1.54, 1.807) is 7.11 Å². The number of alkyl halides is 3. The van der Waals surface area contributed by atoms with Gasteiger partial charge in [0.1, 0.15) is 39.6 Å². The monoisotopic (exact) mass is 478 g/mol. The summed E-state index contributed by atoms with van der Waals surface area (Å²) in [6.07, 6.45) is -1.68. The van der Waals surface area contributed by atoms with E-state index in [0.29, 0.717) is 64.2 Å². The number of hydrogen-bond donors (Lipinski definition) is 0. The van der Waals surface area contributed by atoms with E-state index in [9.17, 15) is 22.2 Å². The Kier molecular flexibility index (Phi) is 8.54. The molecule has 0 aromatic heterocycles. The molecule has 1 unspecified atom stereocenters. The van der Waals surface area contributed by atoms with Crippen molar-refractivity contribution in [2.24, 2.45) is 0 Å². The number of benzene rings is 1. The number of rotatable bonds is 9. The standard InChI is InChI=1S/C21H29F3N2O5S/c1-29-15-14-25-12-8-20(16-27,9-13-25)32(28)26-10-6-18(7-11-26)30-17-2-4-19(5-3-17)31-21(22,23)24/h2-5,16,18H,6-15H2,1H3. The van der Waals surface area contributed by atoms with E-state index in [-0.39, 0.29) is 11.9 Å². The third-order valence-electron chi connectivity index (χ3n) is 5.87. The van der Waals surface area contributed by atoms with Gasteiger partial charge in [-0.2, -0.15) is 0 Å². The average Bonchev–Trinajstić information content (AvgIpc) is 2.78. The SMILES string of the molecule is COCCN1CCC(C=O)(S(=O)N2CCC(Oc3ccc(OC(F)(F)F)cc3)CC2)CC1. The summed E-state index contributed by atoms with van der Waals surface area (Å²) in [5.41, 5.74) is 0. The number of carbonyl (C=O) groups excluding carboxylic acids is 1. The third kappa shape index (κ3) is 6.66. The number of hydrogen-bond acceptors (Lipinski definition) is 6. The second-order valence-corrected chi connectivity index (χ2v) is 9.86. The topological polar surface area (TPSA) is 68.3 Å². The van der Waals surface area contributed by atoms with Gasteiger partial charge in [-0.1, -0.05) is 0 Å². The number of halogens is 3. The van der Waals surface area contributed by atoms with Crippen LogP contribution in [0.3, 0.4) is 0 Å². The largest absolute Gasteiger partial charge is 0.573 e. The van der Waals surface area contributed by atoms with Crippen LogP contribution in [-0.4, -0.2) is 83.4 Å². The molecule has 2 aliphatic rings. The molecule has 7 nitrogen and oxygen atoms in total. The van der Waals surface area contributed by atoms with Gasteiger partial charge in [-0.05, 0) is 49.9 Å². The van der Waals surface area contributed by atoms with Gasteiger partial charge in [-0.25, -0.2) is 8.51 Å². The van der Waals surface area contributed by atoms with Gasteiger partial charge in [0.2, 0.25) is 0 Å². The second-order valence-electron chi connectivity index (χ2n) is 8.03. The van der Waals surface area contributed by atoms with Gasteiger partial charge in [0, 0.05) is 39.8 Å². The van der Waals surface area contributed by atoms with Crippen LogP contribution in [-0.2, 0) is 20.5 Å². The molecule has 2 aliphatic heterocycles. The van der Waals surface area contributed by atoms with Crippen LogP contribution < -0.4 is 9.47 Å². The highest BCUT2D eigenvalue weighted by molar-refractivity contribution is 7.84.